The predicted molar refractivity (Wildman–Crippen MR) is 81.4 cm³/mol. The van der Waals surface area contributed by atoms with E-state index in [4.69, 9.17) is 0 Å². The molecule has 0 bridgehead atoms. The van der Waals surface area contributed by atoms with Crippen molar-refractivity contribution >= 4 is 0 Å². The van der Waals surface area contributed by atoms with E-state index in [1.807, 2.05) is 54.6 Å². The largest absolute Gasteiger partial charge is 0.298 e. The Hall–Kier alpha value is -2.59. The molecule has 3 rings (SSSR count). The molecule has 3 heterocycles. The Morgan fingerprint density at radius 1 is 0.714 bits per heavy atom. The van der Waals surface area contributed by atoms with E-state index in [1.165, 1.54) is 0 Å². The van der Waals surface area contributed by atoms with Gasteiger partial charge in [-0.25, -0.2) is 0 Å². The van der Waals surface area contributed by atoms with Crippen molar-refractivity contribution in [1.29, 1.82) is 0 Å². The topological polar surface area (TPSA) is 50.7 Å². The molecule has 0 radical (unpaired) electrons. The molecule has 3 aromatic rings. The van der Waals surface area contributed by atoms with Crippen LogP contribution in [0.25, 0.3) is 0 Å². The third-order valence-corrected chi connectivity index (χ3v) is 3.18. The van der Waals surface area contributed by atoms with Crippen molar-refractivity contribution < 1.29 is 0 Å². The monoisotopic (exact) mass is 276 g/mol. The van der Waals surface area contributed by atoms with Crippen molar-refractivity contribution in [3.05, 3.63) is 90.3 Å². The minimum atomic E-state index is -0.0468. The molecule has 0 amide bonds. The highest BCUT2D eigenvalue weighted by atomic mass is 15.0. The highest BCUT2D eigenvalue weighted by Crippen LogP contribution is 2.18. The minimum absolute atomic E-state index is 0.0468. The van der Waals surface area contributed by atoms with Crippen LogP contribution >= 0.6 is 0 Å². The first-order valence-corrected chi connectivity index (χ1v) is 6.88. The van der Waals surface area contributed by atoms with Gasteiger partial charge in [0.1, 0.15) is 0 Å². The molecule has 0 spiro atoms. The van der Waals surface area contributed by atoms with Gasteiger partial charge in [0, 0.05) is 25.1 Å². The van der Waals surface area contributed by atoms with Gasteiger partial charge in [0.2, 0.25) is 0 Å². The summed E-state index contributed by atoms with van der Waals surface area (Å²) in [6, 6.07) is 17.7. The molecule has 0 aliphatic heterocycles. The summed E-state index contributed by atoms with van der Waals surface area (Å²) >= 11 is 0. The molecule has 0 atom stereocenters. The zero-order valence-electron chi connectivity index (χ0n) is 11.6. The molecule has 0 aliphatic carbocycles. The quantitative estimate of drug-likeness (QED) is 0.778. The number of pyridine rings is 3. The van der Waals surface area contributed by atoms with Gasteiger partial charge < -0.3 is 0 Å². The number of nitrogens with one attached hydrogen (secondary N) is 1. The van der Waals surface area contributed by atoms with Gasteiger partial charge in [0.15, 0.2) is 0 Å². The van der Waals surface area contributed by atoms with Gasteiger partial charge >= 0.3 is 0 Å². The smallest absolute Gasteiger partial charge is 0.0928 e. The fourth-order valence-corrected chi connectivity index (χ4v) is 2.16. The summed E-state index contributed by atoms with van der Waals surface area (Å²) in [4.78, 5) is 13.2. The second-order valence-electron chi connectivity index (χ2n) is 4.64. The van der Waals surface area contributed by atoms with Gasteiger partial charge in [-0.1, -0.05) is 18.2 Å². The van der Waals surface area contributed by atoms with Crippen molar-refractivity contribution in [1.82, 2.24) is 20.3 Å². The van der Waals surface area contributed by atoms with Crippen LogP contribution in [0.2, 0.25) is 0 Å². The second kappa shape index (κ2) is 6.72. The van der Waals surface area contributed by atoms with Crippen molar-refractivity contribution in [3.8, 4) is 0 Å². The zero-order valence-corrected chi connectivity index (χ0v) is 11.6. The Bertz CT molecular complexity index is 617. The van der Waals surface area contributed by atoms with Gasteiger partial charge in [0.25, 0.3) is 0 Å². The van der Waals surface area contributed by atoms with E-state index >= 15 is 0 Å². The maximum Gasteiger partial charge on any atom is 0.0928 e. The summed E-state index contributed by atoms with van der Waals surface area (Å²) < 4.78 is 0. The van der Waals surface area contributed by atoms with E-state index in [1.54, 1.807) is 18.6 Å². The standard InChI is InChI=1S/C17H16N4/c1-4-10-18-14(7-1)13-21-17(15-8-2-5-11-19-15)16-9-3-6-12-20-16/h1-12,17,21H,13H2. The Balaban J connectivity index is 1.83. The number of hydrogen-bond donors (Lipinski definition) is 1. The van der Waals surface area contributed by atoms with Crippen LogP contribution in [-0.4, -0.2) is 15.0 Å². The molecule has 0 aromatic carbocycles. The first kappa shape index (κ1) is 13.4. The maximum atomic E-state index is 4.44. The van der Waals surface area contributed by atoms with Gasteiger partial charge in [-0.05, 0) is 36.4 Å². The molecule has 0 saturated heterocycles. The average molecular weight is 276 g/mol. The van der Waals surface area contributed by atoms with Crippen molar-refractivity contribution in [3.63, 3.8) is 0 Å². The summed E-state index contributed by atoms with van der Waals surface area (Å²) in [5.74, 6) is 0. The van der Waals surface area contributed by atoms with E-state index in [-0.39, 0.29) is 6.04 Å². The van der Waals surface area contributed by atoms with E-state index in [0.717, 1.165) is 17.1 Å². The Morgan fingerprint density at radius 3 is 1.76 bits per heavy atom. The molecule has 21 heavy (non-hydrogen) atoms. The lowest BCUT2D eigenvalue weighted by Crippen LogP contribution is -2.24. The highest BCUT2D eigenvalue weighted by Gasteiger charge is 2.15. The molecule has 1 N–H and O–H groups in total. The van der Waals surface area contributed by atoms with Gasteiger partial charge in [-0.2, -0.15) is 0 Å². The highest BCUT2D eigenvalue weighted by molar-refractivity contribution is 5.22. The molecule has 0 saturated carbocycles. The van der Waals surface area contributed by atoms with E-state index < -0.39 is 0 Å². The fourth-order valence-electron chi connectivity index (χ4n) is 2.16. The van der Waals surface area contributed by atoms with Gasteiger partial charge in [-0.15, -0.1) is 0 Å². The zero-order chi connectivity index (χ0) is 14.3. The maximum absolute atomic E-state index is 4.44. The summed E-state index contributed by atoms with van der Waals surface area (Å²) in [5, 5.41) is 3.48. The van der Waals surface area contributed by atoms with E-state index in [0.29, 0.717) is 6.54 Å². The Labute approximate surface area is 123 Å². The van der Waals surface area contributed by atoms with Crippen LogP contribution in [0.4, 0.5) is 0 Å². The van der Waals surface area contributed by atoms with Crippen LogP contribution in [0.15, 0.2) is 73.2 Å². The lowest BCUT2D eigenvalue weighted by molar-refractivity contribution is 0.572. The Morgan fingerprint density at radius 2 is 1.29 bits per heavy atom. The number of hydrogen-bond acceptors (Lipinski definition) is 4. The van der Waals surface area contributed by atoms with Crippen LogP contribution < -0.4 is 5.32 Å². The molecule has 0 fully saturated rings. The molecule has 3 aromatic heterocycles. The summed E-state index contributed by atoms with van der Waals surface area (Å²) in [5.41, 5.74) is 2.90. The first-order valence-electron chi connectivity index (χ1n) is 6.88. The third kappa shape index (κ3) is 3.49. The lowest BCUT2D eigenvalue weighted by Gasteiger charge is -2.17. The van der Waals surface area contributed by atoms with Crippen LogP contribution in [0.1, 0.15) is 23.1 Å². The molecule has 104 valence electrons. The molecular formula is C17H16N4. The van der Waals surface area contributed by atoms with Crippen LogP contribution in [0.3, 0.4) is 0 Å². The average Bonchev–Trinajstić information content (AvgIpc) is 2.58. The molecule has 0 aliphatic rings. The van der Waals surface area contributed by atoms with Crippen molar-refractivity contribution in [2.75, 3.05) is 0 Å². The predicted octanol–water partition coefficient (Wildman–Crippen LogP) is 2.75. The van der Waals surface area contributed by atoms with Crippen molar-refractivity contribution in [2.45, 2.75) is 12.6 Å². The number of nitrogens with zero attached hydrogens (tertiary/aromatic N) is 3. The fraction of sp³-hybridized carbons (Fsp3) is 0.118. The minimum Gasteiger partial charge on any atom is -0.298 e. The summed E-state index contributed by atoms with van der Waals surface area (Å²) in [6.07, 6.45) is 5.40. The van der Waals surface area contributed by atoms with Crippen LogP contribution in [0.5, 0.6) is 0 Å². The molecular weight excluding hydrogens is 260 g/mol. The third-order valence-electron chi connectivity index (χ3n) is 3.18. The van der Waals surface area contributed by atoms with Crippen LogP contribution in [-0.2, 0) is 6.54 Å². The molecule has 4 heteroatoms. The lowest BCUT2D eigenvalue weighted by atomic mass is 10.1. The van der Waals surface area contributed by atoms with E-state index in [2.05, 4.69) is 20.3 Å². The summed E-state index contributed by atoms with van der Waals surface area (Å²) in [7, 11) is 0. The van der Waals surface area contributed by atoms with E-state index in [9.17, 15) is 0 Å². The van der Waals surface area contributed by atoms with Crippen LogP contribution in [0, 0.1) is 0 Å². The first-order chi connectivity index (χ1) is 10.4. The molecule has 0 unspecified atom stereocenters. The normalized spacial score (nSPS) is 10.7. The SMILES string of the molecule is c1ccc(CNC(c2ccccn2)c2ccccn2)nc1. The van der Waals surface area contributed by atoms with Crippen molar-refractivity contribution in [2.24, 2.45) is 0 Å². The van der Waals surface area contributed by atoms with Gasteiger partial charge in [0.05, 0.1) is 23.1 Å². The number of aromatic nitrogens is 3. The Kier molecular flexibility index (Phi) is 4.29. The summed E-state index contributed by atoms with van der Waals surface area (Å²) in [6.45, 7) is 0.665. The van der Waals surface area contributed by atoms with Gasteiger partial charge in [-0.3, -0.25) is 20.3 Å². The number of rotatable bonds is 5. The molecule has 4 nitrogen and oxygen atoms in total. The second-order valence-corrected chi connectivity index (χ2v) is 4.64.